The first kappa shape index (κ1) is 18.4. The summed E-state index contributed by atoms with van der Waals surface area (Å²) in [6.45, 7) is 11.9. The molecule has 1 N–H and O–H groups in total. The van der Waals surface area contributed by atoms with E-state index in [4.69, 9.17) is 16.3 Å². The number of halogens is 2. The fourth-order valence-corrected chi connectivity index (χ4v) is 2.83. The Morgan fingerprint density at radius 2 is 1.95 bits per heavy atom. The Kier molecular flexibility index (Phi) is 7.11. The molecule has 0 aliphatic carbocycles. The molecule has 0 saturated carbocycles. The lowest BCUT2D eigenvalue weighted by Crippen LogP contribution is -2.49. The van der Waals surface area contributed by atoms with Gasteiger partial charge in [0.1, 0.15) is 5.82 Å². The average Bonchev–Trinajstić information content (AvgIpc) is 2.38. The quantitative estimate of drug-likeness (QED) is 0.802. The van der Waals surface area contributed by atoms with Crippen molar-refractivity contribution in [3.8, 4) is 0 Å². The van der Waals surface area contributed by atoms with Crippen molar-refractivity contribution in [3.05, 3.63) is 34.6 Å². The van der Waals surface area contributed by atoms with Gasteiger partial charge in [0.25, 0.3) is 0 Å². The van der Waals surface area contributed by atoms with Crippen molar-refractivity contribution in [2.75, 3.05) is 13.2 Å². The lowest BCUT2D eigenvalue weighted by atomic mass is 9.82. The second kappa shape index (κ2) is 8.11. The van der Waals surface area contributed by atoms with Crippen LogP contribution in [0.3, 0.4) is 0 Å². The molecule has 0 spiro atoms. The van der Waals surface area contributed by atoms with Gasteiger partial charge in [0.2, 0.25) is 0 Å². The van der Waals surface area contributed by atoms with Crippen LogP contribution < -0.4 is 5.32 Å². The van der Waals surface area contributed by atoms with Crippen LogP contribution in [0.15, 0.2) is 18.2 Å². The molecule has 120 valence electrons. The second-order valence-corrected chi connectivity index (χ2v) is 6.78. The summed E-state index contributed by atoms with van der Waals surface area (Å²) in [6.07, 6.45) is 0.558. The summed E-state index contributed by atoms with van der Waals surface area (Å²) in [4.78, 5) is 0. The Hall–Kier alpha value is -0.640. The number of ether oxygens (including phenoxy) is 1. The normalized spacial score (nSPS) is 15.0. The zero-order chi connectivity index (χ0) is 16.0. The zero-order valence-electron chi connectivity index (χ0n) is 13.7. The standard InChI is InChI=1S/C17H27ClFNO/c1-6-20-15(16(21-7-2)17(3,4)5)11-12-10-13(18)8-9-14(12)19/h8-10,15-16,20H,6-7,11H2,1-5H3. The molecule has 0 aliphatic heterocycles. The van der Waals surface area contributed by atoms with Crippen LogP contribution in [0.2, 0.25) is 5.02 Å². The van der Waals surface area contributed by atoms with E-state index in [1.807, 2.05) is 13.8 Å². The van der Waals surface area contributed by atoms with E-state index in [9.17, 15) is 4.39 Å². The lowest BCUT2D eigenvalue weighted by molar-refractivity contribution is -0.0353. The first-order valence-electron chi connectivity index (χ1n) is 7.58. The third-order valence-corrected chi connectivity index (χ3v) is 3.71. The highest BCUT2D eigenvalue weighted by Gasteiger charge is 2.33. The number of likely N-dealkylation sites (N-methyl/N-ethyl adjacent to an activating group) is 1. The number of rotatable bonds is 7. The maximum Gasteiger partial charge on any atom is 0.126 e. The van der Waals surface area contributed by atoms with Crippen LogP contribution in [0.4, 0.5) is 4.39 Å². The van der Waals surface area contributed by atoms with E-state index >= 15 is 0 Å². The maximum atomic E-state index is 14.0. The first-order valence-corrected chi connectivity index (χ1v) is 7.96. The molecule has 1 rings (SSSR count). The van der Waals surface area contributed by atoms with Crippen LogP contribution in [0.5, 0.6) is 0 Å². The second-order valence-electron chi connectivity index (χ2n) is 6.35. The summed E-state index contributed by atoms with van der Waals surface area (Å²) < 4.78 is 19.9. The van der Waals surface area contributed by atoms with E-state index in [0.29, 0.717) is 23.6 Å². The molecule has 1 aromatic rings. The van der Waals surface area contributed by atoms with Crippen molar-refractivity contribution < 1.29 is 9.13 Å². The van der Waals surface area contributed by atoms with Crippen molar-refractivity contribution in [2.24, 2.45) is 5.41 Å². The summed E-state index contributed by atoms with van der Waals surface area (Å²) in [5.41, 5.74) is 0.597. The Morgan fingerprint density at radius 3 is 2.48 bits per heavy atom. The molecular weight excluding hydrogens is 289 g/mol. The highest BCUT2D eigenvalue weighted by molar-refractivity contribution is 6.30. The van der Waals surface area contributed by atoms with Crippen LogP contribution >= 0.6 is 11.6 Å². The van der Waals surface area contributed by atoms with Gasteiger partial charge in [-0.2, -0.15) is 0 Å². The van der Waals surface area contributed by atoms with Crippen LogP contribution in [0, 0.1) is 11.2 Å². The fourth-order valence-electron chi connectivity index (χ4n) is 2.63. The molecule has 4 heteroatoms. The minimum atomic E-state index is -0.216. The number of hydrogen-bond donors (Lipinski definition) is 1. The minimum Gasteiger partial charge on any atom is -0.376 e. The van der Waals surface area contributed by atoms with Gasteiger partial charge in [0.15, 0.2) is 0 Å². The number of hydrogen-bond acceptors (Lipinski definition) is 2. The average molecular weight is 316 g/mol. The topological polar surface area (TPSA) is 21.3 Å². The molecule has 0 amide bonds. The van der Waals surface area contributed by atoms with Gasteiger partial charge in [0, 0.05) is 17.7 Å². The molecule has 0 radical (unpaired) electrons. The van der Waals surface area contributed by atoms with Crippen molar-refractivity contribution in [1.29, 1.82) is 0 Å². The van der Waals surface area contributed by atoms with Gasteiger partial charge < -0.3 is 10.1 Å². The smallest absolute Gasteiger partial charge is 0.126 e. The summed E-state index contributed by atoms with van der Waals surface area (Å²) in [5.74, 6) is -0.216. The molecule has 0 heterocycles. The van der Waals surface area contributed by atoms with E-state index in [-0.39, 0.29) is 23.4 Å². The Bertz CT molecular complexity index is 445. The van der Waals surface area contributed by atoms with E-state index in [1.54, 1.807) is 12.1 Å². The highest BCUT2D eigenvalue weighted by atomic mass is 35.5. The van der Waals surface area contributed by atoms with Crippen LogP contribution in [-0.2, 0) is 11.2 Å². The molecule has 0 aromatic heterocycles. The van der Waals surface area contributed by atoms with Crippen molar-refractivity contribution in [3.63, 3.8) is 0 Å². The molecule has 21 heavy (non-hydrogen) atoms. The van der Waals surface area contributed by atoms with Gasteiger partial charge in [-0.1, -0.05) is 39.3 Å². The van der Waals surface area contributed by atoms with Gasteiger partial charge in [-0.05, 0) is 49.1 Å². The minimum absolute atomic E-state index is 0.000770. The lowest BCUT2D eigenvalue weighted by Gasteiger charge is -2.37. The highest BCUT2D eigenvalue weighted by Crippen LogP contribution is 2.28. The van der Waals surface area contributed by atoms with Crippen LogP contribution in [0.25, 0.3) is 0 Å². The Labute approximate surface area is 133 Å². The van der Waals surface area contributed by atoms with Gasteiger partial charge in [0.05, 0.1) is 6.10 Å². The molecule has 2 atom stereocenters. The Morgan fingerprint density at radius 1 is 1.29 bits per heavy atom. The zero-order valence-corrected chi connectivity index (χ0v) is 14.4. The SMILES string of the molecule is CCNC(Cc1cc(Cl)ccc1F)C(OCC)C(C)(C)C. The van der Waals surface area contributed by atoms with Crippen molar-refractivity contribution >= 4 is 11.6 Å². The van der Waals surface area contributed by atoms with Crippen molar-refractivity contribution in [2.45, 2.75) is 53.2 Å². The number of benzene rings is 1. The summed E-state index contributed by atoms with van der Waals surface area (Å²) in [5, 5.41) is 4.00. The van der Waals surface area contributed by atoms with Gasteiger partial charge in [-0.3, -0.25) is 0 Å². The Balaban J connectivity index is 3.01. The summed E-state index contributed by atoms with van der Waals surface area (Å²) in [6, 6.07) is 4.75. The molecule has 0 saturated heterocycles. The maximum absolute atomic E-state index is 14.0. The van der Waals surface area contributed by atoms with E-state index in [0.717, 1.165) is 6.54 Å². The molecule has 0 aliphatic rings. The summed E-state index contributed by atoms with van der Waals surface area (Å²) >= 11 is 5.99. The third kappa shape index (κ3) is 5.57. The monoisotopic (exact) mass is 315 g/mol. The molecular formula is C17H27ClFNO. The predicted octanol–water partition coefficient (Wildman–Crippen LogP) is 4.45. The number of nitrogens with one attached hydrogen (secondary N) is 1. The molecule has 2 nitrogen and oxygen atoms in total. The third-order valence-electron chi connectivity index (χ3n) is 3.48. The molecule has 2 unspecified atom stereocenters. The van der Waals surface area contributed by atoms with E-state index in [1.165, 1.54) is 6.07 Å². The van der Waals surface area contributed by atoms with Crippen LogP contribution in [-0.4, -0.2) is 25.3 Å². The predicted molar refractivity (Wildman–Crippen MR) is 87.4 cm³/mol. The van der Waals surface area contributed by atoms with Gasteiger partial charge >= 0.3 is 0 Å². The fraction of sp³-hybridized carbons (Fsp3) is 0.647. The molecule has 1 aromatic carbocycles. The molecule has 0 bridgehead atoms. The van der Waals surface area contributed by atoms with Gasteiger partial charge in [-0.25, -0.2) is 4.39 Å². The van der Waals surface area contributed by atoms with Gasteiger partial charge in [-0.15, -0.1) is 0 Å². The molecule has 0 fully saturated rings. The largest absolute Gasteiger partial charge is 0.376 e. The van der Waals surface area contributed by atoms with Crippen molar-refractivity contribution in [1.82, 2.24) is 5.32 Å². The first-order chi connectivity index (χ1) is 9.79. The summed E-state index contributed by atoms with van der Waals surface area (Å²) in [7, 11) is 0. The van der Waals surface area contributed by atoms with Crippen LogP contribution in [0.1, 0.15) is 40.2 Å². The van der Waals surface area contributed by atoms with E-state index < -0.39 is 0 Å². The van der Waals surface area contributed by atoms with E-state index in [2.05, 4.69) is 26.1 Å².